The lowest BCUT2D eigenvalue weighted by molar-refractivity contribution is -0.133. The lowest BCUT2D eigenvalue weighted by Gasteiger charge is -2.26. The molecule has 1 fully saturated rings. The number of aromatic nitrogens is 2. The van der Waals surface area contributed by atoms with E-state index < -0.39 is 5.97 Å². The normalized spacial score (nSPS) is 22.9. The van der Waals surface area contributed by atoms with Crippen LogP contribution in [-0.4, -0.2) is 26.4 Å². The Balaban J connectivity index is 1.88. The Morgan fingerprint density at radius 3 is 2.80 bits per heavy atom. The summed E-state index contributed by atoms with van der Waals surface area (Å²) < 4.78 is 2.17. The van der Waals surface area contributed by atoms with Gasteiger partial charge in [-0.3, -0.25) is 4.79 Å². The Morgan fingerprint density at radius 2 is 2.15 bits per heavy atom. The van der Waals surface area contributed by atoms with Crippen LogP contribution in [0.5, 0.6) is 0 Å². The predicted molar refractivity (Wildman–Crippen MR) is 81.1 cm³/mol. The molecule has 2 rings (SSSR count). The Hall–Kier alpha value is -0.970. The summed E-state index contributed by atoms with van der Waals surface area (Å²) in [6, 6.07) is 0. The lowest BCUT2D eigenvalue weighted by atomic mass is 9.81. The largest absolute Gasteiger partial charge is 0.481 e. The van der Waals surface area contributed by atoms with E-state index in [0.717, 1.165) is 29.2 Å². The minimum absolute atomic E-state index is 0.0808. The van der Waals surface area contributed by atoms with Crippen molar-refractivity contribution in [3.63, 3.8) is 0 Å². The number of thioether (sulfide) groups is 1. The summed E-state index contributed by atoms with van der Waals surface area (Å²) in [6.45, 7) is 5.35. The van der Waals surface area contributed by atoms with Gasteiger partial charge in [0.25, 0.3) is 0 Å². The zero-order chi connectivity index (χ0) is 14.5. The minimum atomic E-state index is -0.788. The molecule has 0 radical (unpaired) electrons. The van der Waals surface area contributed by atoms with Crippen LogP contribution in [-0.2, 0) is 11.3 Å². The molecular formula is C15H24N2O2S. The van der Waals surface area contributed by atoms with Gasteiger partial charge in [0.2, 0.25) is 0 Å². The molecule has 1 aromatic rings. The highest BCUT2D eigenvalue weighted by Gasteiger charge is 2.19. The molecule has 0 unspecified atom stereocenters. The highest BCUT2D eigenvalue weighted by Crippen LogP contribution is 2.31. The second-order valence-electron chi connectivity index (χ2n) is 5.93. The van der Waals surface area contributed by atoms with Crippen molar-refractivity contribution in [3.05, 3.63) is 11.9 Å². The van der Waals surface area contributed by atoms with Crippen molar-refractivity contribution in [3.8, 4) is 0 Å². The molecule has 0 aromatic carbocycles. The molecule has 0 atom stereocenters. The number of nitrogens with zero attached hydrogens (tertiary/aromatic N) is 2. The number of aryl methyl sites for hydroxylation is 1. The van der Waals surface area contributed by atoms with Gasteiger partial charge in [-0.2, -0.15) is 0 Å². The molecule has 0 aliphatic heterocycles. The number of rotatable bonds is 6. The molecule has 1 aromatic heterocycles. The average molecular weight is 296 g/mol. The molecule has 5 heteroatoms. The van der Waals surface area contributed by atoms with Crippen molar-refractivity contribution in [1.82, 2.24) is 9.55 Å². The number of carboxylic acids is 1. The number of imidazole rings is 1. The zero-order valence-electron chi connectivity index (χ0n) is 12.3. The molecule has 1 aliphatic carbocycles. The summed E-state index contributed by atoms with van der Waals surface area (Å²) in [4.78, 5) is 15.0. The number of hydrogen-bond acceptors (Lipinski definition) is 3. The van der Waals surface area contributed by atoms with Crippen molar-refractivity contribution in [2.45, 2.75) is 57.7 Å². The van der Waals surface area contributed by atoms with Crippen molar-refractivity contribution in [2.24, 2.45) is 11.8 Å². The van der Waals surface area contributed by atoms with Crippen LogP contribution in [0.1, 0.15) is 44.7 Å². The van der Waals surface area contributed by atoms with Crippen LogP contribution in [0, 0.1) is 18.8 Å². The maximum absolute atomic E-state index is 10.7. The molecule has 112 valence electrons. The molecule has 1 heterocycles. The van der Waals surface area contributed by atoms with Crippen LogP contribution >= 0.6 is 11.8 Å². The van der Waals surface area contributed by atoms with Gasteiger partial charge in [-0.05, 0) is 25.2 Å². The van der Waals surface area contributed by atoms with Gasteiger partial charge < -0.3 is 9.67 Å². The van der Waals surface area contributed by atoms with E-state index in [4.69, 9.17) is 5.11 Å². The topological polar surface area (TPSA) is 55.1 Å². The van der Waals surface area contributed by atoms with Crippen molar-refractivity contribution >= 4 is 17.7 Å². The first-order valence-corrected chi connectivity index (χ1v) is 8.41. The molecule has 0 amide bonds. The summed E-state index contributed by atoms with van der Waals surface area (Å²) >= 11 is 1.32. The molecule has 0 spiro atoms. The van der Waals surface area contributed by atoms with E-state index in [0.29, 0.717) is 0 Å². The van der Waals surface area contributed by atoms with Crippen molar-refractivity contribution in [1.29, 1.82) is 0 Å². The summed E-state index contributed by atoms with van der Waals surface area (Å²) in [5.74, 6) is 1.01. The maximum Gasteiger partial charge on any atom is 0.313 e. The van der Waals surface area contributed by atoms with Crippen LogP contribution in [0.25, 0.3) is 0 Å². The summed E-state index contributed by atoms with van der Waals surface area (Å²) in [5, 5.41) is 9.61. The van der Waals surface area contributed by atoms with E-state index in [1.165, 1.54) is 43.9 Å². The van der Waals surface area contributed by atoms with Gasteiger partial charge in [0, 0.05) is 18.4 Å². The Bertz CT molecular complexity index is 451. The van der Waals surface area contributed by atoms with Crippen LogP contribution in [0.15, 0.2) is 11.4 Å². The van der Waals surface area contributed by atoms with E-state index in [2.05, 4.69) is 16.5 Å². The van der Waals surface area contributed by atoms with Gasteiger partial charge >= 0.3 is 5.97 Å². The smallest absolute Gasteiger partial charge is 0.313 e. The summed E-state index contributed by atoms with van der Waals surface area (Å²) in [5.41, 5.74) is 1.13. The lowest BCUT2D eigenvalue weighted by Crippen LogP contribution is -2.15. The fourth-order valence-corrected chi connectivity index (χ4v) is 3.65. The first kappa shape index (κ1) is 15.4. The third kappa shape index (κ3) is 4.27. The van der Waals surface area contributed by atoms with E-state index in [1.807, 2.05) is 13.1 Å². The maximum atomic E-state index is 10.7. The van der Waals surface area contributed by atoms with Gasteiger partial charge in [-0.1, -0.05) is 44.4 Å². The van der Waals surface area contributed by atoms with Gasteiger partial charge in [0.1, 0.15) is 0 Å². The monoisotopic (exact) mass is 296 g/mol. The van der Waals surface area contributed by atoms with Gasteiger partial charge in [-0.25, -0.2) is 4.98 Å². The number of hydrogen-bond donors (Lipinski definition) is 1. The number of carboxylic acid groups (broad SMARTS) is 1. The first-order valence-electron chi connectivity index (χ1n) is 7.43. The molecule has 0 saturated heterocycles. The molecule has 1 saturated carbocycles. The van der Waals surface area contributed by atoms with E-state index in [1.54, 1.807) is 0 Å². The molecule has 0 bridgehead atoms. The Labute approximate surface area is 125 Å². The van der Waals surface area contributed by atoms with E-state index in [-0.39, 0.29) is 5.75 Å². The van der Waals surface area contributed by atoms with Gasteiger partial charge in [0.15, 0.2) is 5.16 Å². The average Bonchev–Trinajstić information content (AvgIpc) is 2.76. The molecule has 20 heavy (non-hydrogen) atoms. The van der Waals surface area contributed by atoms with E-state index >= 15 is 0 Å². The van der Waals surface area contributed by atoms with Gasteiger partial charge in [0.05, 0.1) is 5.75 Å². The third-order valence-electron chi connectivity index (χ3n) is 4.24. The van der Waals surface area contributed by atoms with Crippen LogP contribution in [0.2, 0.25) is 0 Å². The van der Waals surface area contributed by atoms with Gasteiger partial charge in [-0.15, -0.1) is 0 Å². The van der Waals surface area contributed by atoms with Crippen molar-refractivity contribution in [2.75, 3.05) is 5.75 Å². The summed E-state index contributed by atoms with van der Waals surface area (Å²) in [7, 11) is 0. The molecule has 1 N–H and O–H groups in total. The molecular weight excluding hydrogens is 272 g/mol. The summed E-state index contributed by atoms with van der Waals surface area (Å²) in [6.07, 6.45) is 8.42. The van der Waals surface area contributed by atoms with Crippen LogP contribution < -0.4 is 0 Å². The zero-order valence-corrected chi connectivity index (χ0v) is 13.2. The Kier molecular flexibility index (Phi) is 5.52. The second-order valence-corrected chi connectivity index (χ2v) is 6.87. The second kappa shape index (κ2) is 7.16. The highest BCUT2D eigenvalue weighted by atomic mass is 32.2. The Morgan fingerprint density at radius 1 is 1.45 bits per heavy atom. The number of aliphatic carboxylic acids is 1. The minimum Gasteiger partial charge on any atom is -0.481 e. The first-order chi connectivity index (χ1) is 9.56. The van der Waals surface area contributed by atoms with Crippen molar-refractivity contribution < 1.29 is 9.90 Å². The highest BCUT2D eigenvalue weighted by molar-refractivity contribution is 7.99. The third-order valence-corrected chi connectivity index (χ3v) is 5.21. The quantitative estimate of drug-likeness (QED) is 0.815. The SMILES string of the molecule is Cc1cnc(SCC(=O)O)n1CCC1CCC(C)CC1. The van der Waals surface area contributed by atoms with Crippen LogP contribution in [0.4, 0.5) is 0 Å². The van der Waals surface area contributed by atoms with Crippen LogP contribution in [0.3, 0.4) is 0 Å². The number of carbonyl (C=O) groups is 1. The fourth-order valence-electron chi connectivity index (χ4n) is 2.88. The van der Waals surface area contributed by atoms with E-state index in [9.17, 15) is 4.79 Å². The standard InChI is InChI=1S/C15H24N2O2S/c1-11-3-5-13(6-4-11)7-8-17-12(2)9-16-15(17)20-10-14(18)19/h9,11,13H,3-8,10H2,1-2H3,(H,18,19). The molecule has 1 aliphatic rings. The fraction of sp³-hybridized carbons (Fsp3) is 0.733. The molecule has 4 nitrogen and oxygen atoms in total. The predicted octanol–water partition coefficient (Wildman–Crippen LogP) is 3.58.